The van der Waals surface area contributed by atoms with Crippen molar-refractivity contribution >= 4 is 12.0 Å². The van der Waals surface area contributed by atoms with Gasteiger partial charge in [-0.2, -0.15) is 0 Å². The fraction of sp³-hybridized carbons (Fsp3) is 0.250. The summed E-state index contributed by atoms with van der Waals surface area (Å²) < 4.78 is 13.4. The lowest BCUT2D eigenvalue weighted by atomic mass is 10.1. The van der Waals surface area contributed by atoms with Crippen molar-refractivity contribution in [2.75, 3.05) is 0 Å². The number of carboxylic acid groups (broad SMARTS) is 1. The lowest BCUT2D eigenvalue weighted by Gasteiger charge is -2.02. The van der Waals surface area contributed by atoms with E-state index in [1.807, 2.05) is 0 Å². The molecule has 1 rings (SSSR count). The zero-order valence-electron chi connectivity index (χ0n) is 8.90. The summed E-state index contributed by atoms with van der Waals surface area (Å²) >= 11 is 0. The van der Waals surface area contributed by atoms with Gasteiger partial charge in [-0.05, 0) is 24.1 Å². The monoisotopic (exact) mass is 224 g/mol. The molecule has 1 aromatic rings. The lowest BCUT2D eigenvalue weighted by molar-refractivity contribution is -0.132. The third kappa shape index (κ3) is 2.90. The molecule has 2 N–H and O–H groups in total. The van der Waals surface area contributed by atoms with E-state index in [1.165, 1.54) is 18.2 Å². The first kappa shape index (κ1) is 12.4. The van der Waals surface area contributed by atoms with Gasteiger partial charge in [-0.1, -0.05) is 19.1 Å². The minimum absolute atomic E-state index is 0.149. The number of hydrogen-bond acceptors (Lipinski definition) is 2. The van der Waals surface area contributed by atoms with E-state index in [1.54, 1.807) is 13.0 Å². The summed E-state index contributed by atoms with van der Waals surface area (Å²) in [4.78, 5) is 10.7. The molecule has 0 saturated heterocycles. The van der Waals surface area contributed by atoms with Crippen molar-refractivity contribution in [3.05, 3.63) is 40.7 Å². The van der Waals surface area contributed by atoms with E-state index >= 15 is 0 Å². The number of aliphatic hydroxyl groups excluding tert-OH is 1. The topological polar surface area (TPSA) is 57.5 Å². The fourth-order valence-corrected chi connectivity index (χ4v) is 1.29. The predicted octanol–water partition coefficient (Wildman–Crippen LogP) is 2.20. The number of halogens is 1. The van der Waals surface area contributed by atoms with Gasteiger partial charge in [0, 0.05) is 11.1 Å². The molecule has 4 heteroatoms. The second-order valence-electron chi connectivity index (χ2n) is 3.34. The van der Waals surface area contributed by atoms with Gasteiger partial charge in [0.05, 0.1) is 6.61 Å². The third-order valence-electron chi connectivity index (χ3n) is 2.23. The first-order valence-electron chi connectivity index (χ1n) is 4.91. The van der Waals surface area contributed by atoms with Gasteiger partial charge >= 0.3 is 5.97 Å². The van der Waals surface area contributed by atoms with E-state index in [2.05, 4.69) is 0 Å². The molecule has 1 aromatic carbocycles. The largest absolute Gasteiger partial charge is 0.478 e. The van der Waals surface area contributed by atoms with Crippen molar-refractivity contribution < 1.29 is 19.4 Å². The van der Waals surface area contributed by atoms with Crippen molar-refractivity contribution in [2.24, 2.45) is 0 Å². The molecule has 86 valence electrons. The standard InChI is InChI=1S/C12H13FO3/c1-2-9(12(15)16)6-10-4-3-8(7-14)5-11(10)13/h3-6,14H,2,7H2,1H3,(H,15,16)/b9-6+. The number of aliphatic carboxylic acids is 1. The van der Waals surface area contributed by atoms with Gasteiger partial charge in [0.15, 0.2) is 0 Å². The van der Waals surface area contributed by atoms with Crippen LogP contribution in [0.5, 0.6) is 0 Å². The zero-order chi connectivity index (χ0) is 12.1. The number of benzene rings is 1. The summed E-state index contributed by atoms with van der Waals surface area (Å²) in [6.45, 7) is 1.46. The van der Waals surface area contributed by atoms with Crippen LogP contribution in [-0.2, 0) is 11.4 Å². The molecule has 0 spiro atoms. The van der Waals surface area contributed by atoms with Crippen LogP contribution in [-0.4, -0.2) is 16.2 Å². The summed E-state index contributed by atoms with van der Waals surface area (Å²) in [6, 6.07) is 4.21. The Morgan fingerprint density at radius 3 is 2.62 bits per heavy atom. The van der Waals surface area contributed by atoms with Gasteiger partial charge in [0.1, 0.15) is 5.82 Å². The fourth-order valence-electron chi connectivity index (χ4n) is 1.29. The Morgan fingerprint density at radius 1 is 1.50 bits per heavy atom. The summed E-state index contributed by atoms with van der Waals surface area (Å²) in [5, 5.41) is 17.6. The van der Waals surface area contributed by atoms with Gasteiger partial charge in [0.2, 0.25) is 0 Å². The van der Waals surface area contributed by atoms with Crippen molar-refractivity contribution in [1.29, 1.82) is 0 Å². The minimum Gasteiger partial charge on any atom is -0.478 e. The number of aliphatic hydroxyl groups is 1. The third-order valence-corrected chi connectivity index (χ3v) is 2.23. The molecule has 0 saturated carbocycles. The SMILES string of the molecule is CC/C(=C\c1ccc(CO)cc1F)C(=O)O. The minimum atomic E-state index is -1.05. The van der Waals surface area contributed by atoms with Crippen molar-refractivity contribution in [3.63, 3.8) is 0 Å². The first-order valence-corrected chi connectivity index (χ1v) is 4.91. The van der Waals surface area contributed by atoms with Crippen molar-refractivity contribution in [2.45, 2.75) is 20.0 Å². The summed E-state index contributed by atoms with van der Waals surface area (Å²) in [5.41, 5.74) is 0.829. The molecule has 0 aliphatic heterocycles. The molecule has 0 aliphatic carbocycles. The highest BCUT2D eigenvalue weighted by Gasteiger charge is 2.07. The quantitative estimate of drug-likeness (QED) is 0.771. The summed E-state index contributed by atoms with van der Waals surface area (Å²) in [5.74, 6) is -1.58. The van der Waals surface area contributed by atoms with Crippen LogP contribution in [0.15, 0.2) is 23.8 Å². The number of hydrogen-bond donors (Lipinski definition) is 2. The van der Waals surface area contributed by atoms with Crippen LogP contribution in [0.2, 0.25) is 0 Å². The van der Waals surface area contributed by atoms with Crippen LogP contribution in [0.1, 0.15) is 24.5 Å². The smallest absolute Gasteiger partial charge is 0.331 e. The van der Waals surface area contributed by atoms with E-state index in [4.69, 9.17) is 10.2 Å². The number of rotatable bonds is 4. The van der Waals surface area contributed by atoms with Gasteiger partial charge in [-0.25, -0.2) is 9.18 Å². The van der Waals surface area contributed by atoms with Crippen LogP contribution in [0.4, 0.5) is 4.39 Å². The van der Waals surface area contributed by atoms with E-state index < -0.39 is 11.8 Å². The Hall–Kier alpha value is -1.68. The Bertz CT molecular complexity index is 424. The normalized spacial score (nSPS) is 11.6. The molecule has 0 bridgehead atoms. The van der Waals surface area contributed by atoms with Crippen LogP contribution in [0, 0.1) is 5.82 Å². The van der Waals surface area contributed by atoms with Crippen LogP contribution >= 0.6 is 0 Å². The Labute approximate surface area is 92.8 Å². The average Bonchev–Trinajstić information content (AvgIpc) is 2.26. The van der Waals surface area contributed by atoms with E-state index in [0.717, 1.165) is 0 Å². The van der Waals surface area contributed by atoms with Crippen LogP contribution in [0.3, 0.4) is 0 Å². The Balaban J connectivity index is 3.10. The highest BCUT2D eigenvalue weighted by Crippen LogP contribution is 2.15. The lowest BCUT2D eigenvalue weighted by Crippen LogP contribution is -1.99. The van der Waals surface area contributed by atoms with E-state index in [9.17, 15) is 9.18 Å². The van der Waals surface area contributed by atoms with Gasteiger partial charge in [-0.15, -0.1) is 0 Å². The molecule has 3 nitrogen and oxygen atoms in total. The van der Waals surface area contributed by atoms with Gasteiger partial charge < -0.3 is 10.2 Å². The van der Waals surface area contributed by atoms with Gasteiger partial charge in [0.25, 0.3) is 0 Å². The van der Waals surface area contributed by atoms with Crippen molar-refractivity contribution in [1.82, 2.24) is 0 Å². The van der Waals surface area contributed by atoms with Crippen molar-refractivity contribution in [3.8, 4) is 0 Å². The maximum absolute atomic E-state index is 13.4. The zero-order valence-corrected chi connectivity index (χ0v) is 8.90. The molecule has 0 atom stereocenters. The summed E-state index contributed by atoms with van der Waals surface area (Å²) in [7, 11) is 0. The maximum Gasteiger partial charge on any atom is 0.331 e. The molecule has 0 heterocycles. The Morgan fingerprint density at radius 2 is 2.19 bits per heavy atom. The molecule has 16 heavy (non-hydrogen) atoms. The molecule has 0 unspecified atom stereocenters. The number of carbonyl (C=O) groups is 1. The maximum atomic E-state index is 13.4. The predicted molar refractivity (Wildman–Crippen MR) is 58.2 cm³/mol. The molecule has 0 aliphatic rings. The van der Waals surface area contributed by atoms with Crippen LogP contribution < -0.4 is 0 Å². The highest BCUT2D eigenvalue weighted by atomic mass is 19.1. The number of carboxylic acids is 1. The van der Waals surface area contributed by atoms with Crippen LogP contribution in [0.25, 0.3) is 6.08 Å². The highest BCUT2D eigenvalue weighted by molar-refractivity contribution is 5.92. The molecule has 0 radical (unpaired) electrons. The first-order chi connectivity index (χ1) is 7.58. The molecular formula is C12H13FO3. The van der Waals surface area contributed by atoms with E-state index in [-0.39, 0.29) is 17.7 Å². The summed E-state index contributed by atoms with van der Waals surface area (Å²) in [6.07, 6.45) is 1.63. The molecule has 0 fully saturated rings. The Kier molecular flexibility index (Phi) is 4.19. The second-order valence-corrected chi connectivity index (χ2v) is 3.34. The molecule has 0 aromatic heterocycles. The molecule has 0 amide bonds. The average molecular weight is 224 g/mol. The van der Waals surface area contributed by atoms with E-state index in [0.29, 0.717) is 12.0 Å². The second kappa shape index (κ2) is 5.42. The van der Waals surface area contributed by atoms with Gasteiger partial charge in [-0.3, -0.25) is 0 Å². The molecular weight excluding hydrogens is 211 g/mol.